The van der Waals surface area contributed by atoms with Crippen molar-refractivity contribution in [1.82, 2.24) is 4.90 Å². The van der Waals surface area contributed by atoms with Crippen molar-refractivity contribution in [3.63, 3.8) is 0 Å². The summed E-state index contributed by atoms with van der Waals surface area (Å²) in [7, 11) is -0.865. The molecule has 3 nitrogen and oxygen atoms in total. The van der Waals surface area contributed by atoms with Gasteiger partial charge in [-0.2, -0.15) is 0 Å². The third kappa shape index (κ3) is 5.00. The van der Waals surface area contributed by atoms with E-state index in [0.717, 1.165) is 43.5 Å². The molecule has 112 valence electrons. The lowest BCUT2D eigenvalue weighted by Gasteiger charge is -2.31. The van der Waals surface area contributed by atoms with Gasteiger partial charge in [-0.1, -0.05) is 18.2 Å². The highest BCUT2D eigenvalue weighted by atomic mass is 32.2. The molecular formula is C16H25NO2S. The average molecular weight is 295 g/mol. The molecule has 0 N–H and O–H groups in total. The number of benzene rings is 1. The number of ether oxygens (including phenoxy) is 1. The Labute approximate surface area is 124 Å². The number of rotatable bonds is 7. The zero-order valence-corrected chi connectivity index (χ0v) is 13.1. The molecule has 0 spiro atoms. The molecule has 1 atom stereocenters. The van der Waals surface area contributed by atoms with Crippen molar-refractivity contribution in [3.05, 3.63) is 30.3 Å². The molecule has 1 saturated heterocycles. The van der Waals surface area contributed by atoms with Gasteiger partial charge < -0.3 is 9.64 Å². The van der Waals surface area contributed by atoms with Crippen LogP contribution in [0, 0.1) is 5.92 Å². The Bertz CT molecular complexity index is 402. The van der Waals surface area contributed by atoms with Crippen LogP contribution in [0.25, 0.3) is 0 Å². The molecule has 1 unspecified atom stereocenters. The molecule has 0 amide bonds. The molecule has 0 aliphatic carbocycles. The third-order valence-electron chi connectivity index (χ3n) is 3.86. The van der Waals surface area contributed by atoms with E-state index in [1.54, 1.807) is 0 Å². The highest BCUT2D eigenvalue weighted by Gasteiger charge is 2.19. The lowest BCUT2D eigenvalue weighted by atomic mass is 9.98. The van der Waals surface area contributed by atoms with Gasteiger partial charge in [-0.3, -0.25) is 4.21 Å². The summed E-state index contributed by atoms with van der Waals surface area (Å²) in [4.78, 5) is 3.38. The molecule has 1 fully saturated rings. The van der Waals surface area contributed by atoms with Gasteiger partial charge in [-0.05, 0) is 50.9 Å². The number of hydrogen-bond donors (Lipinski definition) is 0. The van der Waals surface area contributed by atoms with Crippen molar-refractivity contribution in [3.8, 4) is 0 Å². The van der Waals surface area contributed by atoms with E-state index in [9.17, 15) is 4.21 Å². The Morgan fingerprint density at radius 3 is 2.60 bits per heavy atom. The Morgan fingerprint density at radius 2 is 1.95 bits per heavy atom. The van der Waals surface area contributed by atoms with Crippen LogP contribution in [-0.4, -0.2) is 47.7 Å². The fourth-order valence-electron chi connectivity index (χ4n) is 2.56. The molecule has 0 bridgehead atoms. The van der Waals surface area contributed by atoms with Gasteiger partial charge in [0, 0.05) is 30.4 Å². The quantitative estimate of drug-likeness (QED) is 0.774. The van der Waals surface area contributed by atoms with E-state index >= 15 is 0 Å². The topological polar surface area (TPSA) is 29.5 Å². The maximum absolute atomic E-state index is 12.2. The molecule has 20 heavy (non-hydrogen) atoms. The number of piperidine rings is 1. The van der Waals surface area contributed by atoms with E-state index < -0.39 is 10.8 Å². The molecule has 4 heteroatoms. The van der Waals surface area contributed by atoms with Gasteiger partial charge in [0.2, 0.25) is 0 Å². The van der Waals surface area contributed by atoms with Gasteiger partial charge in [-0.25, -0.2) is 0 Å². The second-order valence-electron chi connectivity index (χ2n) is 5.31. The summed E-state index contributed by atoms with van der Waals surface area (Å²) >= 11 is 0. The molecule has 1 heterocycles. The van der Waals surface area contributed by atoms with E-state index in [2.05, 4.69) is 4.90 Å². The fraction of sp³-hybridized carbons (Fsp3) is 0.625. The Morgan fingerprint density at radius 1 is 1.25 bits per heavy atom. The first-order chi connectivity index (χ1) is 9.79. The largest absolute Gasteiger partial charge is 0.381 e. The van der Waals surface area contributed by atoms with Crippen LogP contribution in [0.1, 0.15) is 19.8 Å². The summed E-state index contributed by atoms with van der Waals surface area (Å²) in [5.41, 5.74) is 0. The van der Waals surface area contributed by atoms with Crippen molar-refractivity contribution in [2.75, 3.05) is 38.6 Å². The number of hydrogen-bond acceptors (Lipinski definition) is 3. The van der Waals surface area contributed by atoms with Gasteiger partial charge >= 0.3 is 0 Å². The summed E-state index contributed by atoms with van der Waals surface area (Å²) < 4.78 is 17.7. The van der Waals surface area contributed by atoms with Crippen LogP contribution in [0.5, 0.6) is 0 Å². The molecular weight excluding hydrogens is 270 g/mol. The van der Waals surface area contributed by atoms with Crippen molar-refractivity contribution in [1.29, 1.82) is 0 Å². The predicted octanol–water partition coefficient (Wildman–Crippen LogP) is 2.54. The standard InChI is InChI=1S/C16H25NO2S/c1-2-19-14-15-8-10-17(11-9-15)12-13-20(18)16-6-4-3-5-7-16/h3-7,15H,2,8-14H2,1H3. The minimum atomic E-state index is -0.865. The summed E-state index contributed by atoms with van der Waals surface area (Å²) in [6, 6.07) is 9.76. The normalized spacial score (nSPS) is 19.1. The van der Waals surface area contributed by atoms with Crippen molar-refractivity contribution < 1.29 is 8.95 Å². The Kier molecular flexibility index (Phi) is 6.70. The highest BCUT2D eigenvalue weighted by Crippen LogP contribution is 2.17. The zero-order chi connectivity index (χ0) is 14.2. The molecule has 0 saturated carbocycles. The van der Waals surface area contributed by atoms with Gasteiger partial charge in [0.05, 0.1) is 10.8 Å². The maximum atomic E-state index is 12.2. The van der Waals surface area contributed by atoms with Crippen LogP contribution in [0.15, 0.2) is 35.2 Å². The van der Waals surface area contributed by atoms with E-state index in [1.165, 1.54) is 12.8 Å². The molecule has 0 radical (unpaired) electrons. The monoisotopic (exact) mass is 295 g/mol. The highest BCUT2D eigenvalue weighted by molar-refractivity contribution is 7.85. The van der Waals surface area contributed by atoms with Crippen LogP contribution < -0.4 is 0 Å². The second-order valence-corrected chi connectivity index (χ2v) is 6.88. The summed E-state index contributed by atoms with van der Waals surface area (Å²) in [6.07, 6.45) is 2.41. The summed E-state index contributed by atoms with van der Waals surface area (Å²) in [5.74, 6) is 1.45. The van der Waals surface area contributed by atoms with E-state index in [1.807, 2.05) is 37.3 Å². The second kappa shape index (κ2) is 8.55. The molecule has 2 rings (SSSR count). The lowest BCUT2D eigenvalue weighted by Crippen LogP contribution is -2.37. The number of likely N-dealkylation sites (tertiary alicyclic amines) is 1. The first-order valence-electron chi connectivity index (χ1n) is 7.53. The number of nitrogens with zero attached hydrogens (tertiary/aromatic N) is 1. The molecule has 1 aliphatic rings. The minimum absolute atomic E-state index is 0.714. The van der Waals surface area contributed by atoms with Gasteiger partial charge in [0.15, 0.2) is 0 Å². The SMILES string of the molecule is CCOCC1CCN(CCS(=O)c2ccccc2)CC1. The molecule has 1 aromatic carbocycles. The predicted molar refractivity (Wildman–Crippen MR) is 83.4 cm³/mol. The van der Waals surface area contributed by atoms with Gasteiger partial charge in [0.1, 0.15) is 0 Å². The maximum Gasteiger partial charge on any atom is 0.0542 e. The average Bonchev–Trinajstić information content (AvgIpc) is 2.52. The van der Waals surface area contributed by atoms with E-state index in [-0.39, 0.29) is 0 Å². The minimum Gasteiger partial charge on any atom is -0.381 e. The van der Waals surface area contributed by atoms with Crippen LogP contribution in [0.3, 0.4) is 0 Å². The molecule has 0 aromatic heterocycles. The van der Waals surface area contributed by atoms with E-state index in [4.69, 9.17) is 4.74 Å². The third-order valence-corrected chi connectivity index (χ3v) is 5.22. The summed E-state index contributed by atoms with van der Waals surface area (Å²) in [5, 5.41) is 0. The van der Waals surface area contributed by atoms with E-state index in [0.29, 0.717) is 5.92 Å². The first kappa shape index (κ1) is 15.7. The van der Waals surface area contributed by atoms with Crippen LogP contribution in [0.2, 0.25) is 0 Å². The lowest BCUT2D eigenvalue weighted by molar-refractivity contribution is 0.0758. The molecule has 1 aliphatic heterocycles. The van der Waals surface area contributed by atoms with Gasteiger partial charge in [-0.15, -0.1) is 0 Å². The summed E-state index contributed by atoms with van der Waals surface area (Å²) in [6.45, 7) is 6.93. The van der Waals surface area contributed by atoms with Crippen LogP contribution >= 0.6 is 0 Å². The van der Waals surface area contributed by atoms with Crippen molar-refractivity contribution in [2.45, 2.75) is 24.7 Å². The smallest absolute Gasteiger partial charge is 0.0542 e. The first-order valence-corrected chi connectivity index (χ1v) is 8.85. The van der Waals surface area contributed by atoms with Crippen molar-refractivity contribution in [2.24, 2.45) is 5.92 Å². The Hall–Kier alpha value is -0.710. The zero-order valence-electron chi connectivity index (χ0n) is 12.3. The Balaban J connectivity index is 1.67. The van der Waals surface area contributed by atoms with Crippen molar-refractivity contribution >= 4 is 10.8 Å². The van der Waals surface area contributed by atoms with Crippen LogP contribution in [0.4, 0.5) is 0 Å². The molecule has 1 aromatic rings. The fourth-order valence-corrected chi connectivity index (χ4v) is 3.68. The van der Waals surface area contributed by atoms with Gasteiger partial charge in [0.25, 0.3) is 0 Å². The van der Waals surface area contributed by atoms with Crippen LogP contribution in [-0.2, 0) is 15.5 Å².